The van der Waals surface area contributed by atoms with Gasteiger partial charge in [0.25, 0.3) is 0 Å². The molecule has 2 aliphatic rings. The lowest BCUT2D eigenvalue weighted by atomic mass is 9.66. The molecule has 36 heavy (non-hydrogen) atoms. The SMILES string of the molecule is COC(=O)c1c(NC(=O)CN2CC[C@@]3(O)CCCC[C@@H]3[C@H]2c2ccc(OC)cc2OC)sc(C)c1C. The number of aryl methyl sites for hydroxylation is 1. The molecule has 1 aromatic carbocycles. The van der Waals surface area contributed by atoms with E-state index in [4.69, 9.17) is 14.2 Å². The van der Waals surface area contributed by atoms with Gasteiger partial charge in [0.1, 0.15) is 16.5 Å². The molecule has 4 rings (SSSR count). The first-order chi connectivity index (χ1) is 17.2. The average Bonchev–Trinajstić information content (AvgIpc) is 3.15. The second-order valence-corrected chi connectivity index (χ2v) is 11.0. The van der Waals surface area contributed by atoms with Gasteiger partial charge in [-0.15, -0.1) is 11.3 Å². The fourth-order valence-electron chi connectivity index (χ4n) is 5.81. The number of thiophene rings is 1. The number of anilines is 1. The van der Waals surface area contributed by atoms with Gasteiger partial charge >= 0.3 is 5.97 Å². The summed E-state index contributed by atoms with van der Waals surface area (Å²) in [4.78, 5) is 28.8. The molecule has 1 aromatic heterocycles. The number of esters is 1. The van der Waals surface area contributed by atoms with Crippen LogP contribution in [0.5, 0.6) is 11.5 Å². The van der Waals surface area contributed by atoms with Crippen LogP contribution in [0, 0.1) is 19.8 Å². The fraction of sp³-hybridized carbons (Fsp3) is 0.556. The number of likely N-dealkylation sites (tertiary alicyclic amines) is 1. The van der Waals surface area contributed by atoms with Gasteiger partial charge in [0.2, 0.25) is 5.91 Å². The molecule has 1 saturated heterocycles. The molecular weight excluding hydrogens is 480 g/mol. The minimum Gasteiger partial charge on any atom is -0.497 e. The van der Waals surface area contributed by atoms with E-state index < -0.39 is 11.6 Å². The third kappa shape index (κ3) is 4.96. The lowest BCUT2D eigenvalue weighted by Crippen LogP contribution is -2.56. The van der Waals surface area contributed by atoms with E-state index in [2.05, 4.69) is 10.2 Å². The predicted molar refractivity (Wildman–Crippen MR) is 139 cm³/mol. The minimum absolute atomic E-state index is 0.0213. The van der Waals surface area contributed by atoms with Crippen LogP contribution in [0.1, 0.15) is 64.5 Å². The Morgan fingerprint density at radius 2 is 1.94 bits per heavy atom. The number of methoxy groups -OCH3 is 3. The highest BCUT2D eigenvalue weighted by Gasteiger charge is 2.50. The molecule has 1 aliphatic carbocycles. The number of nitrogens with one attached hydrogen (secondary N) is 1. The lowest BCUT2D eigenvalue weighted by molar-refractivity contribution is -0.135. The van der Waals surface area contributed by atoms with Gasteiger partial charge in [-0.2, -0.15) is 0 Å². The normalized spacial score (nSPS) is 24.1. The maximum absolute atomic E-state index is 13.3. The summed E-state index contributed by atoms with van der Waals surface area (Å²) in [6.07, 6.45) is 4.31. The van der Waals surface area contributed by atoms with Crippen molar-refractivity contribution in [2.45, 2.75) is 57.6 Å². The van der Waals surface area contributed by atoms with Gasteiger partial charge in [0.05, 0.1) is 39.0 Å². The molecule has 0 unspecified atom stereocenters. The number of piperidine rings is 1. The second-order valence-electron chi connectivity index (χ2n) is 9.76. The van der Waals surface area contributed by atoms with Crippen molar-refractivity contribution in [2.24, 2.45) is 5.92 Å². The zero-order valence-corrected chi connectivity index (χ0v) is 22.5. The van der Waals surface area contributed by atoms with Gasteiger partial charge in [-0.05, 0) is 44.7 Å². The predicted octanol–water partition coefficient (Wildman–Crippen LogP) is 4.48. The van der Waals surface area contributed by atoms with Crippen LogP contribution in [0.15, 0.2) is 18.2 Å². The number of benzene rings is 1. The van der Waals surface area contributed by atoms with Crippen molar-refractivity contribution < 1.29 is 28.9 Å². The summed E-state index contributed by atoms with van der Waals surface area (Å²) in [5.41, 5.74) is 1.39. The Balaban J connectivity index is 1.65. The third-order valence-corrected chi connectivity index (χ3v) is 8.93. The number of rotatable bonds is 7. The average molecular weight is 517 g/mol. The number of nitrogens with zero attached hydrogens (tertiary/aromatic N) is 1. The first-order valence-electron chi connectivity index (χ1n) is 12.4. The van der Waals surface area contributed by atoms with Gasteiger partial charge < -0.3 is 24.6 Å². The summed E-state index contributed by atoms with van der Waals surface area (Å²) in [6.45, 7) is 4.48. The summed E-state index contributed by atoms with van der Waals surface area (Å²) in [5.74, 6) is 0.677. The molecule has 0 spiro atoms. The Bertz CT molecular complexity index is 1130. The van der Waals surface area contributed by atoms with E-state index in [1.165, 1.54) is 18.4 Å². The number of carbonyl (C=O) groups is 2. The number of hydrogen-bond donors (Lipinski definition) is 2. The van der Waals surface area contributed by atoms with E-state index in [1.807, 2.05) is 32.0 Å². The van der Waals surface area contributed by atoms with Crippen LogP contribution in [0.2, 0.25) is 0 Å². The van der Waals surface area contributed by atoms with Crippen molar-refractivity contribution in [3.05, 3.63) is 39.8 Å². The Morgan fingerprint density at radius 3 is 2.64 bits per heavy atom. The lowest BCUT2D eigenvalue weighted by Gasteiger charge is -2.52. The zero-order valence-electron chi connectivity index (χ0n) is 21.7. The number of hydrogen-bond acceptors (Lipinski definition) is 8. The van der Waals surface area contributed by atoms with Gasteiger partial charge in [-0.1, -0.05) is 18.9 Å². The number of aliphatic hydroxyl groups is 1. The van der Waals surface area contributed by atoms with Crippen molar-refractivity contribution in [3.63, 3.8) is 0 Å². The van der Waals surface area contributed by atoms with Crippen LogP contribution >= 0.6 is 11.3 Å². The van der Waals surface area contributed by atoms with Crippen LogP contribution < -0.4 is 14.8 Å². The molecule has 1 aliphatic heterocycles. The molecule has 2 fully saturated rings. The molecule has 3 atom stereocenters. The standard InChI is InChI=1S/C27H36N2O6S/c1-16-17(2)36-25(23(16)26(31)35-5)28-22(30)15-29-13-12-27(32)11-7-6-8-20(27)24(29)19-10-9-18(33-3)14-21(19)34-4/h9-10,14,20,24,32H,6-8,11-13,15H2,1-5H3,(H,28,30)/t20-,24-,27+/m1/s1. The first-order valence-corrected chi connectivity index (χ1v) is 13.2. The summed E-state index contributed by atoms with van der Waals surface area (Å²) >= 11 is 1.37. The monoisotopic (exact) mass is 516 g/mol. The van der Waals surface area contributed by atoms with Crippen molar-refractivity contribution in [3.8, 4) is 11.5 Å². The van der Waals surface area contributed by atoms with E-state index in [-0.39, 0.29) is 24.4 Å². The number of ether oxygens (including phenoxy) is 3. The van der Waals surface area contributed by atoms with Crippen molar-refractivity contribution in [2.75, 3.05) is 39.7 Å². The Hall–Kier alpha value is -2.62. The number of fused-ring (bicyclic) bond motifs is 1. The molecular formula is C27H36N2O6S. The highest BCUT2D eigenvalue weighted by Crippen LogP contribution is 2.51. The van der Waals surface area contributed by atoms with Gasteiger partial charge in [-0.25, -0.2) is 4.79 Å². The molecule has 2 heterocycles. The third-order valence-electron chi connectivity index (χ3n) is 7.81. The highest BCUT2D eigenvalue weighted by atomic mass is 32.1. The van der Waals surface area contributed by atoms with Crippen molar-refractivity contribution >= 4 is 28.2 Å². The van der Waals surface area contributed by atoms with E-state index in [0.717, 1.165) is 41.7 Å². The van der Waals surface area contributed by atoms with Crippen molar-refractivity contribution in [1.82, 2.24) is 4.90 Å². The second kappa shape index (κ2) is 10.8. The summed E-state index contributed by atoms with van der Waals surface area (Å²) in [6, 6.07) is 5.54. The minimum atomic E-state index is -0.763. The quantitative estimate of drug-likeness (QED) is 0.524. The Morgan fingerprint density at radius 1 is 1.17 bits per heavy atom. The highest BCUT2D eigenvalue weighted by molar-refractivity contribution is 7.16. The van der Waals surface area contributed by atoms with E-state index >= 15 is 0 Å². The van der Waals surface area contributed by atoms with Crippen molar-refractivity contribution in [1.29, 1.82) is 0 Å². The molecule has 0 radical (unpaired) electrons. The van der Waals surface area contributed by atoms with Gasteiger partial charge in [0.15, 0.2) is 0 Å². The molecule has 0 bridgehead atoms. The van der Waals surface area contributed by atoms with Crippen LogP contribution in [0.25, 0.3) is 0 Å². The molecule has 1 saturated carbocycles. The van der Waals surface area contributed by atoms with Crippen LogP contribution in [0.3, 0.4) is 0 Å². The smallest absolute Gasteiger partial charge is 0.341 e. The van der Waals surface area contributed by atoms with Crippen LogP contribution in [-0.4, -0.2) is 61.9 Å². The largest absolute Gasteiger partial charge is 0.497 e. The molecule has 2 aromatic rings. The van der Waals surface area contributed by atoms with E-state index in [1.54, 1.807) is 14.2 Å². The molecule has 1 amide bonds. The van der Waals surface area contributed by atoms with Crippen LogP contribution in [-0.2, 0) is 9.53 Å². The van der Waals surface area contributed by atoms with Crippen LogP contribution in [0.4, 0.5) is 5.00 Å². The maximum Gasteiger partial charge on any atom is 0.341 e. The van der Waals surface area contributed by atoms with Gasteiger partial charge in [-0.3, -0.25) is 9.69 Å². The molecule has 8 nitrogen and oxygen atoms in total. The number of carbonyl (C=O) groups excluding carboxylic acids is 2. The Labute approximate surface area is 216 Å². The summed E-state index contributed by atoms with van der Waals surface area (Å²) < 4.78 is 16.1. The summed E-state index contributed by atoms with van der Waals surface area (Å²) in [5, 5.41) is 15.1. The molecule has 196 valence electrons. The fourth-order valence-corrected chi connectivity index (χ4v) is 6.87. The molecule has 2 N–H and O–H groups in total. The van der Waals surface area contributed by atoms with Gasteiger partial charge in [0, 0.05) is 35.0 Å². The summed E-state index contributed by atoms with van der Waals surface area (Å²) in [7, 11) is 4.58. The maximum atomic E-state index is 13.3. The molecule has 9 heteroatoms. The Kier molecular flexibility index (Phi) is 7.92. The van der Waals surface area contributed by atoms with E-state index in [9.17, 15) is 14.7 Å². The number of amides is 1. The zero-order chi connectivity index (χ0) is 26.0. The topological polar surface area (TPSA) is 97.3 Å². The first kappa shape index (κ1) is 26.4. The van der Waals surface area contributed by atoms with E-state index in [0.29, 0.717) is 35.0 Å².